The summed E-state index contributed by atoms with van der Waals surface area (Å²) in [6.45, 7) is 0.574. The van der Waals surface area contributed by atoms with Crippen LogP contribution in [0, 0.1) is 5.82 Å². The molecule has 1 amide bonds. The molecule has 10 heteroatoms. The zero-order chi connectivity index (χ0) is 22.9. The second-order valence-electron chi connectivity index (χ2n) is 7.58. The van der Waals surface area contributed by atoms with Crippen LogP contribution in [0.15, 0.2) is 64.9 Å². The van der Waals surface area contributed by atoms with Gasteiger partial charge in [0.2, 0.25) is 15.9 Å². The third-order valence-electron chi connectivity index (χ3n) is 5.27. The standard InChI is InChI=1S/C22H23FN4O3S2/c1-25(2)32(29,30)19-8-9-20-16(13-19)5-4-11-27(20)21(28)15-31-22-24-10-12-26(22)18-7-3-6-17(23)14-18/h3,6-10,12-14H,4-5,11,15H2,1-2H3. The van der Waals surface area contributed by atoms with Gasteiger partial charge in [0.25, 0.3) is 0 Å². The summed E-state index contributed by atoms with van der Waals surface area (Å²) in [6.07, 6.45) is 4.81. The van der Waals surface area contributed by atoms with E-state index in [0.717, 1.165) is 17.7 Å². The number of anilines is 1. The third kappa shape index (κ3) is 4.43. The Morgan fingerprint density at radius 1 is 1.22 bits per heavy atom. The quantitative estimate of drug-likeness (QED) is 0.513. The van der Waals surface area contributed by atoms with Gasteiger partial charge in [0.15, 0.2) is 5.16 Å². The summed E-state index contributed by atoms with van der Waals surface area (Å²) >= 11 is 1.28. The molecule has 0 radical (unpaired) electrons. The molecule has 0 saturated carbocycles. The number of benzene rings is 2. The number of aryl methyl sites for hydroxylation is 1. The molecule has 0 spiro atoms. The highest BCUT2D eigenvalue weighted by Crippen LogP contribution is 2.31. The molecular formula is C22H23FN4O3S2. The van der Waals surface area contributed by atoms with Crippen molar-refractivity contribution in [2.45, 2.75) is 22.9 Å². The van der Waals surface area contributed by atoms with Crippen LogP contribution in [0.5, 0.6) is 0 Å². The Hall–Kier alpha value is -2.69. The van der Waals surface area contributed by atoms with Gasteiger partial charge in [-0.15, -0.1) is 0 Å². The van der Waals surface area contributed by atoms with Crippen molar-refractivity contribution in [3.63, 3.8) is 0 Å². The Morgan fingerprint density at radius 3 is 2.78 bits per heavy atom. The predicted octanol–water partition coefficient (Wildman–Crippen LogP) is 3.33. The van der Waals surface area contributed by atoms with E-state index in [1.165, 1.54) is 42.3 Å². The lowest BCUT2D eigenvalue weighted by molar-refractivity contribution is -0.116. The summed E-state index contributed by atoms with van der Waals surface area (Å²) in [4.78, 5) is 19.3. The van der Waals surface area contributed by atoms with Crippen molar-refractivity contribution in [1.82, 2.24) is 13.9 Å². The lowest BCUT2D eigenvalue weighted by atomic mass is 10.0. The van der Waals surface area contributed by atoms with Crippen LogP contribution in [0.4, 0.5) is 10.1 Å². The molecule has 0 N–H and O–H groups in total. The topological polar surface area (TPSA) is 75.5 Å². The molecule has 0 unspecified atom stereocenters. The van der Waals surface area contributed by atoms with Crippen molar-refractivity contribution in [3.05, 3.63) is 66.2 Å². The summed E-state index contributed by atoms with van der Waals surface area (Å²) in [7, 11) is -0.543. The van der Waals surface area contributed by atoms with Crippen LogP contribution in [-0.4, -0.2) is 54.6 Å². The first-order valence-electron chi connectivity index (χ1n) is 10.1. The SMILES string of the molecule is CN(C)S(=O)(=O)c1ccc2c(c1)CCCN2C(=O)CSc1nccn1-c1cccc(F)c1. The Kier molecular flexibility index (Phi) is 6.36. The number of hydrogen-bond donors (Lipinski definition) is 0. The highest BCUT2D eigenvalue weighted by atomic mass is 32.2. The molecule has 2 aromatic carbocycles. The number of rotatable bonds is 6. The highest BCUT2D eigenvalue weighted by Gasteiger charge is 2.26. The van der Waals surface area contributed by atoms with Gasteiger partial charge in [-0.05, 0) is 54.8 Å². The molecule has 3 aromatic rings. The van der Waals surface area contributed by atoms with Crippen molar-refractivity contribution in [2.24, 2.45) is 0 Å². The normalized spacial score (nSPS) is 13.9. The van der Waals surface area contributed by atoms with Crippen LogP contribution in [0.3, 0.4) is 0 Å². The van der Waals surface area contributed by atoms with Gasteiger partial charge in [0.1, 0.15) is 5.82 Å². The molecule has 32 heavy (non-hydrogen) atoms. The van der Waals surface area contributed by atoms with Crippen LogP contribution in [0.1, 0.15) is 12.0 Å². The zero-order valence-electron chi connectivity index (χ0n) is 17.7. The fourth-order valence-corrected chi connectivity index (χ4v) is 5.43. The Bertz CT molecular complexity index is 1260. The number of fused-ring (bicyclic) bond motifs is 1. The van der Waals surface area contributed by atoms with Gasteiger partial charge in [-0.25, -0.2) is 22.1 Å². The number of imidazole rings is 1. The lowest BCUT2D eigenvalue weighted by Crippen LogP contribution is -2.37. The second-order valence-corrected chi connectivity index (χ2v) is 10.7. The highest BCUT2D eigenvalue weighted by molar-refractivity contribution is 7.99. The first-order chi connectivity index (χ1) is 15.3. The number of carbonyl (C=O) groups is 1. The van der Waals surface area contributed by atoms with E-state index in [0.29, 0.717) is 23.8 Å². The van der Waals surface area contributed by atoms with Crippen molar-refractivity contribution >= 4 is 33.4 Å². The number of aromatic nitrogens is 2. The molecule has 0 aliphatic carbocycles. The Labute approximate surface area is 190 Å². The minimum Gasteiger partial charge on any atom is -0.311 e. The average molecular weight is 475 g/mol. The van der Waals surface area contributed by atoms with Crippen LogP contribution in [0.25, 0.3) is 5.69 Å². The largest absolute Gasteiger partial charge is 0.311 e. The maximum absolute atomic E-state index is 13.6. The van der Waals surface area contributed by atoms with Gasteiger partial charge < -0.3 is 4.90 Å². The molecule has 1 aromatic heterocycles. The van der Waals surface area contributed by atoms with Crippen LogP contribution >= 0.6 is 11.8 Å². The van der Waals surface area contributed by atoms with Gasteiger partial charge in [0, 0.05) is 38.7 Å². The van der Waals surface area contributed by atoms with E-state index in [-0.39, 0.29) is 22.4 Å². The number of carbonyl (C=O) groups excluding carboxylic acids is 1. The third-order valence-corrected chi connectivity index (χ3v) is 8.03. The molecule has 0 saturated heterocycles. The number of amides is 1. The molecule has 1 aliphatic heterocycles. The molecule has 2 heterocycles. The van der Waals surface area contributed by atoms with Crippen molar-refractivity contribution < 1.29 is 17.6 Å². The monoisotopic (exact) mass is 474 g/mol. The van der Waals surface area contributed by atoms with Crippen molar-refractivity contribution in [3.8, 4) is 5.69 Å². The zero-order valence-corrected chi connectivity index (χ0v) is 19.4. The van der Waals surface area contributed by atoms with E-state index < -0.39 is 10.0 Å². The number of halogens is 1. The van der Waals surface area contributed by atoms with Crippen LogP contribution < -0.4 is 4.90 Å². The Morgan fingerprint density at radius 2 is 2.03 bits per heavy atom. The summed E-state index contributed by atoms with van der Waals surface area (Å²) in [5.41, 5.74) is 2.22. The maximum Gasteiger partial charge on any atom is 0.242 e. The Balaban J connectivity index is 1.51. The summed E-state index contributed by atoms with van der Waals surface area (Å²) in [6, 6.07) is 11.1. The molecule has 168 valence electrons. The summed E-state index contributed by atoms with van der Waals surface area (Å²) < 4.78 is 41.4. The van der Waals surface area contributed by atoms with E-state index in [9.17, 15) is 17.6 Å². The van der Waals surface area contributed by atoms with Gasteiger partial charge in [-0.2, -0.15) is 0 Å². The first-order valence-corrected chi connectivity index (χ1v) is 12.5. The van der Waals surface area contributed by atoms with E-state index in [1.807, 2.05) is 0 Å². The summed E-state index contributed by atoms with van der Waals surface area (Å²) in [5, 5.41) is 0.591. The maximum atomic E-state index is 13.6. The second kappa shape index (κ2) is 9.05. The smallest absolute Gasteiger partial charge is 0.242 e. The lowest BCUT2D eigenvalue weighted by Gasteiger charge is -2.30. The van der Waals surface area contributed by atoms with Gasteiger partial charge in [-0.3, -0.25) is 9.36 Å². The van der Waals surface area contributed by atoms with Crippen LogP contribution in [-0.2, 0) is 21.2 Å². The average Bonchev–Trinajstić information content (AvgIpc) is 3.25. The van der Waals surface area contributed by atoms with Crippen molar-refractivity contribution in [2.75, 3.05) is 31.3 Å². The van der Waals surface area contributed by atoms with E-state index in [1.54, 1.807) is 52.2 Å². The molecule has 7 nitrogen and oxygen atoms in total. The molecule has 4 rings (SSSR count). The summed E-state index contributed by atoms with van der Waals surface area (Å²) in [5.74, 6) is -0.277. The van der Waals surface area contributed by atoms with E-state index >= 15 is 0 Å². The fourth-order valence-electron chi connectivity index (χ4n) is 3.63. The number of thioether (sulfide) groups is 1. The van der Waals surface area contributed by atoms with Gasteiger partial charge in [-0.1, -0.05) is 17.8 Å². The number of sulfonamides is 1. The molecule has 0 atom stereocenters. The minimum atomic E-state index is -3.53. The fraction of sp³-hybridized carbons (Fsp3) is 0.273. The molecule has 0 fully saturated rings. The van der Waals surface area contributed by atoms with Crippen LogP contribution in [0.2, 0.25) is 0 Å². The van der Waals surface area contributed by atoms with E-state index in [2.05, 4.69) is 4.98 Å². The molecule has 1 aliphatic rings. The predicted molar refractivity (Wildman–Crippen MR) is 122 cm³/mol. The number of hydrogen-bond acceptors (Lipinski definition) is 5. The molecular weight excluding hydrogens is 451 g/mol. The van der Waals surface area contributed by atoms with Crippen molar-refractivity contribution in [1.29, 1.82) is 0 Å². The van der Waals surface area contributed by atoms with Gasteiger partial charge in [0.05, 0.1) is 16.3 Å². The molecule has 0 bridgehead atoms. The number of nitrogens with zero attached hydrogens (tertiary/aromatic N) is 4. The van der Waals surface area contributed by atoms with Gasteiger partial charge >= 0.3 is 0 Å². The first kappa shape index (κ1) is 22.5. The minimum absolute atomic E-state index is 0.0899. The van der Waals surface area contributed by atoms with E-state index in [4.69, 9.17) is 0 Å².